The van der Waals surface area contributed by atoms with Gasteiger partial charge in [-0.2, -0.15) is 0 Å². The fourth-order valence-corrected chi connectivity index (χ4v) is 4.81. The van der Waals surface area contributed by atoms with Gasteiger partial charge in [0, 0.05) is 35.8 Å². The second-order valence-electron chi connectivity index (χ2n) is 8.75. The van der Waals surface area contributed by atoms with Gasteiger partial charge >= 0.3 is 23.9 Å². The van der Waals surface area contributed by atoms with Gasteiger partial charge in [-0.3, -0.25) is 18.7 Å². The topological polar surface area (TPSA) is 198 Å². The lowest BCUT2D eigenvalue weighted by Crippen LogP contribution is -2.15. The van der Waals surface area contributed by atoms with Crippen LogP contribution in [0.2, 0.25) is 0 Å². The molecule has 0 aromatic heterocycles. The van der Waals surface area contributed by atoms with Crippen LogP contribution in [0.1, 0.15) is 48.0 Å². The van der Waals surface area contributed by atoms with E-state index in [1.54, 1.807) is 27.7 Å². The Hall–Kier alpha value is -2.34. The highest BCUT2D eigenvalue weighted by Gasteiger charge is 2.21. The van der Waals surface area contributed by atoms with Crippen molar-refractivity contribution in [3.63, 3.8) is 0 Å². The zero-order chi connectivity index (χ0) is 32.6. The normalized spacial score (nSPS) is 13.0. The first kappa shape index (κ1) is 45.1. The van der Waals surface area contributed by atoms with Crippen molar-refractivity contribution in [1.29, 1.82) is 0 Å². The fraction of sp³-hybridized carbons (Fsp3) is 0.704. The Morgan fingerprint density at radius 2 is 1.12 bits per heavy atom. The smallest absolute Gasteiger partial charge is 0.333 e. The molecule has 252 valence electrons. The minimum Gasteiger partial charge on any atom is -0.481 e. The van der Waals surface area contributed by atoms with Crippen LogP contribution in [0.25, 0.3) is 0 Å². The van der Waals surface area contributed by atoms with E-state index in [9.17, 15) is 33.2 Å². The third-order valence-electron chi connectivity index (χ3n) is 4.97. The van der Waals surface area contributed by atoms with Crippen LogP contribution in [-0.2, 0) is 56.5 Å². The van der Waals surface area contributed by atoms with Crippen molar-refractivity contribution in [2.45, 2.75) is 48.0 Å². The van der Waals surface area contributed by atoms with E-state index in [1.165, 1.54) is 0 Å². The molecular formula is C27H50O14P2. The summed E-state index contributed by atoms with van der Waals surface area (Å²) in [5, 5.41) is 8.58. The average molecular weight is 661 g/mol. The highest BCUT2D eigenvalue weighted by Crippen LogP contribution is 2.46. The molecular weight excluding hydrogens is 610 g/mol. The predicted molar refractivity (Wildman–Crippen MR) is 162 cm³/mol. The maximum Gasteiger partial charge on any atom is 0.333 e. The van der Waals surface area contributed by atoms with Crippen LogP contribution in [0.3, 0.4) is 0 Å². The first-order valence-corrected chi connectivity index (χ1v) is 17.3. The summed E-state index contributed by atoms with van der Waals surface area (Å²) in [5.41, 5.74) is 0.637. The van der Waals surface area contributed by atoms with Crippen molar-refractivity contribution in [2.24, 2.45) is 0 Å². The summed E-state index contributed by atoms with van der Waals surface area (Å²) in [4.78, 5) is 53.1. The van der Waals surface area contributed by atoms with Gasteiger partial charge in [0.15, 0.2) is 0 Å². The van der Waals surface area contributed by atoms with E-state index in [4.69, 9.17) is 33.3 Å². The van der Waals surface area contributed by atoms with Crippen LogP contribution in [-0.4, -0.2) is 111 Å². The molecule has 0 radical (unpaired) electrons. The third kappa shape index (κ3) is 28.2. The molecule has 2 N–H and O–H groups in total. The minimum absolute atomic E-state index is 0. The van der Waals surface area contributed by atoms with E-state index in [0.29, 0.717) is 11.1 Å². The summed E-state index contributed by atoms with van der Waals surface area (Å²) in [6, 6.07) is 0. The van der Waals surface area contributed by atoms with Crippen LogP contribution in [0.15, 0.2) is 24.3 Å². The number of carboxylic acid groups (broad SMARTS) is 1. The average Bonchev–Trinajstić information content (AvgIpc) is 2.93. The molecule has 0 aliphatic rings. The van der Waals surface area contributed by atoms with Gasteiger partial charge in [-0.05, 0) is 13.8 Å². The van der Waals surface area contributed by atoms with Crippen LogP contribution < -0.4 is 0 Å². The molecule has 0 saturated carbocycles. The Morgan fingerprint density at radius 1 is 0.674 bits per heavy atom. The Kier molecular flexibility index (Phi) is 27.4. The summed E-state index contributed by atoms with van der Waals surface area (Å²) in [5.74, 6) is -2.48. The van der Waals surface area contributed by atoms with Crippen molar-refractivity contribution in [2.75, 3.05) is 77.5 Å². The first-order valence-electron chi connectivity index (χ1n) is 13.3. The fourth-order valence-electron chi connectivity index (χ4n) is 2.39. The largest absolute Gasteiger partial charge is 0.481 e. The Bertz CT molecular complexity index is 963. The van der Waals surface area contributed by atoms with Gasteiger partial charge in [0.2, 0.25) is 14.7 Å². The van der Waals surface area contributed by atoms with Crippen LogP contribution in [0, 0.1) is 0 Å². The molecule has 2 unspecified atom stereocenters. The number of carbonyl (C=O) groups excluding carboxylic acids is 3. The maximum atomic E-state index is 12.1. The van der Waals surface area contributed by atoms with E-state index in [0.717, 1.165) is 0 Å². The van der Waals surface area contributed by atoms with Gasteiger partial charge in [0.05, 0.1) is 45.9 Å². The molecule has 0 aromatic rings. The zero-order valence-electron chi connectivity index (χ0n) is 25.0. The Morgan fingerprint density at radius 3 is 1.51 bits per heavy atom. The van der Waals surface area contributed by atoms with E-state index >= 15 is 0 Å². The van der Waals surface area contributed by atoms with E-state index < -0.39 is 38.6 Å². The maximum absolute atomic E-state index is 12.1. The molecule has 0 rings (SSSR count). The van der Waals surface area contributed by atoms with E-state index in [2.05, 4.69) is 13.2 Å². The molecule has 0 aliphatic heterocycles. The number of hydrogen-bond acceptors (Lipinski definition) is 12. The van der Waals surface area contributed by atoms with Crippen molar-refractivity contribution in [1.82, 2.24) is 0 Å². The highest BCUT2D eigenvalue weighted by molar-refractivity contribution is 7.59. The van der Waals surface area contributed by atoms with Crippen molar-refractivity contribution in [3.8, 4) is 0 Å². The molecule has 16 heteroatoms. The molecule has 0 saturated heterocycles. The van der Waals surface area contributed by atoms with Crippen molar-refractivity contribution >= 4 is 38.6 Å². The van der Waals surface area contributed by atoms with E-state index in [-0.39, 0.29) is 97.8 Å². The lowest BCUT2D eigenvalue weighted by atomic mass is 10.4. The molecule has 2 atom stereocenters. The first-order chi connectivity index (χ1) is 19.6. The van der Waals surface area contributed by atoms with Crippen LogP contribution in [0.5, 0.6) is 0 Å². The third-order valence-corrected chi connectivity index (χ3v) is 9.40. The van der Waals surface area contributed by atoms with Gasteiger partial charge in [-0.25, -0.2) is 9.59 Å². The van der Waals surface area contributed by atoms with Crippen molar-refractivity contribution in [3.05, 3.63) is 24.3 Å². The van der Waals surface area contributed by atoms with E-state index in [1.807, 2.05) is 0 Å². The van der Waals surface area contributed by atoms with Gasteiger partial charge in [-0.1, -0.05) is 34.4 Å². The molecule has 0 aromatic carbocycles. The SMILES string of the molecule is C.C=C(C)C(=O)OCCOCCOC(=O)CCP(=O)(O)CC.C=C(C)C(=O)OCCOCCOP(=O)(CC)CCC(=O)O. The molecule has 0 fully saturated rings. The number of hydrogen-bond donors (Lipinski definition) is 2. The standard InChI is InChI=1S/2C13H23O7P.CH4/c1-4-21(16,17)10-5-12(14)19-8-6-18-7-9-20-13(15)11(2)3;1-4-21(17,10-5-12(14)15)20-9-7-18-6-8-19-13(16)11(2)3;/h2,4-10H2,1,3H3,(H,16,17);2,4-10H2,1,3H3,(H,14,15);1H4. The Labute approximate surface area is 255 Å². The minimum atomic E-state index is -3.19. The highest BCUT2D eigenvalue weighted by atomic mass is 31.2. The molecule has 0 spiro atoms. The summed E-state index contributed by atoms with van der Waals surface area (Å²) in [6.07, 6.45) is 0.124. The zero-order valence-corrected chi connectivity index (χ0v) is 26.8. The lowest BCUT2D eigenvalue weighted by molar-refractivity contribution is -0.145. The molecule has 0 bridgehead atoms. The number of carbonyl (C=O) groups is 4. The molecule has 14 nitrogen and oxygen atoms in total. The Balaban J connectivity index is -0.000000727. The van der Waals surface area contributed by atoms with Gasteiger partial charge < -0.3 is 38.2 Å². The van der Waals surface area contributed by atoms with Crippen LogP contribution in [0.4, 0.5) is 0 Å². The number of esters is 3. The number of rotatable bonds is 23. The van der Waals surface area contributed by atoms with Gasteiger partial charge in [-0.15, -0.1) is 0 Å². The molecule has 0 aliphatic carbocycles. The summed E-state index contributed by atoms with van der Waals surface area (Å²) in [6.45, 7) is 14.4. The molecule has 0 amide bonds. The lowest BCUT2D eigenvalue weighted by Gasteiger charge is -2.16. The summed E-state index contributed by atoms with van der Waals surface area (Å²) >= 11 is 0. The number of ether oxygens (including phenoxy) is 5. The second kappa shape index (κ2) is 26.1. The van der Waals surface area contributed by atoms with Crippen molar-refractivity contribution < 1.29 is 66.5 Å². The monoisotopic (exact) mass is 660 g/mol. The van der Waals surface area contributed by atoms with Gasteiger partial charge in [0.1, 0.15) is 19.8 Å². The van der Waals surface area contributed by atoms with Gasteiger partial charge in [0.25, 0.3) is 0 Å². The summed E-state index contributed by atoms with van der Waals surface area (Å²) < 4.78 is 53.4. The second-order valence-corrected chi connectivity index (χ2v) is 14.5. The predicted octanol–water partition coefficient (Wildman–Crippen LogP) is 3.89. The molecule has 43 heavy (non-hydrogen) atoms. The quantitative estimate of drug-likeness (QED) is 0.0526. The number of aliphatic carboxylic acids is 1. The molecule has 0 heterocycles. The van der Waals surface area contributed by atoms with Crippen LogP contribution >= 0.6 is 14.7 Å². The summed E-state index contributed by atoms with van der Waals surface area (Å²) in [7, 11) is -6.08. The number of carboxylic acids is 1.